The third kappa shape index (κ3) is 2.24. The summed E-state index contributed by atoms with van der Waals surface area (Å²) in [6.07, 6.45) is 0.0385. The van der Waals surface area contributed by atoms with Crippen LogP contribution in [0.3, 0.4) is 0 Å². The third-order valence-corrected chi connectivity index (χ3v) is 3.67. The number of ketones is 1. The maximum absolute atomic E-state index is 12.2. The van der Waals surface area contributed by atoms with Gasteiger partial charge in [0.2, 0.25) is 0 Å². The van der Waals surface area contributed by atoms with Gasteiger partial charge < -0.3 is 4.74 Å². The van der Waals surface area contributed by atoms with E-state index in [4.69, 9.17) is 16.3 Å². The molecule has 3 heteroatoms. The molecule has 0 aromatic heterocycles. The Morgan fingerprint density at radius 1 is 1.21 bits per heavy atom. The van der Waals surface area contributed by atoms with Crippen molar-refractivity contribution in [1.82, 2.24) is 0 Å². The molecular weight excluding hydrogens is 260 g/mol. The lowest BCUT2D eigenvalue weighted by molar-refractivity contribution is 0.0850. The van der Waals surface area contributed by atoms with Crippen LogP contribution < -0.4 is 4.74 Å². The number of benzene rings is 2. The minimum Gasteiger partial charge on any atom is -0.484 e. The van der Waals surface area contributed by atoms with Crippen LogP contribution in [0.1, 0.15) is 34.0 Å². The Morgan fingerprint density at radius 2 is 2.00 bits per heavy atom. The van der Waals surface area contributed by atoms with Crippen molar-refractivity contribution in [2.75, 3.05) is 0 Å². The molecule has 96 valence electrons. The smallest absolute Gasteiger partial charge is 0.170 e. The van der Waals surface area contributed by atoms with Crippen molar-refractivity contribution in [2.24, 2.45) is 0 Å². The molecule has 2 aromatic carbocycles. The quantitative estimate of drug-likeness (QED) is 0.771. The summed E-state index contributed by atoms with van der Waals surface area (Å²) in [6, 6.07) is 13.2. The second kappa shape index (κ2) is 4.71. The van der Waals surface area contributed by atoms with Crippen molar-refractivity contribution in [2.45, 2.75) is 19.4 Å². The van der Waals surface area contributed by atoms with Crippen LogP contribution in [0.5, 0.6) is 5.75 Å². The van der Waals surface area contributed by atoms with Gasteiger partial charge >= 0.3 is 0 Å². The van der Waals surface area contributed by atoms with Crippen LogP contribution in [0.25, 0.3) is 0 Å². The molecule has 2 nitrogen and oxygen atoms in total. The molecular formula is C16H13ClO2. The SMILES string of the molecule is Cc1ccc2c(c1)C(=O)C[C@H](c1ccccc1Cl)O2. The maximum atomic E-state index is 12.2. The van der Waals surface area contributed by atoms with Crippen LogP contribution in [0.2, 0.25) is 5.02 Å². The molecule has 1 aliphatic heterocycles. The highest BCUT2D eigenvalue weighted by Crippen LogP contribution is 2.37. The number of carbonyl (C=O) groups excluding carboxylic acids is 1. The van der Waals surface area contributed by atoms with Crippen molar-refractivity contribution in [3.05, 3.63) is 64.2 Å². The van der Waals surface area contributed by atoms with Crippen LogP contribution in [0.4, 0.5) is 0 Å². The molecule has 19 heavy (non-hydrogen) atoms. The number of fused-ring (bicyclic) bond motifs is 1. The molecule has 0 radical (unpaired) electrons. The second-order valence-corrected chi connectivity index (χ2v) is 5.16. The van der Waals surface area contributed by atoms with E-state index in [0.717, 1.165) is 11.1 Å². The summed E-state index contributed by atoms with van der Waals surface area (Å²) in [5, 5.41) is 0.635. The molecule has 1 aliphatic rings. The lowest BCUT2D eigenvalue weighted by Gasteiger charge is -2.26. The predicted molar refractivity (Wildman–Crippen MR) is 74.9 cm³/mol. The Balaban J connectivity index is 2.00. The van der Waals surface area contributed by atoms with Crippen LogP contribution in [0.15, 0.2) is 42.5 Å². The Labute approximate surface area is 117 Å². The fourth-order valence-corrected chi connectivity index (χ4v) is 2.60. The molecule has 2 aromatic rings. The van der Waals surface area contributed by atoms with E-state index in [9.17, 15) is 4.79 Å². The first-order chi connectivity index (χ1) is 9.15. The van der Waals surface area contributed by atoms with E-state index in [2.05, 4.69) is 0 Å². The van der Waals surface area contributed by atoms with Crippen LogP contribution in [0, 0.1) is 6.92 Å². The van der Waals surface area contributed by atoms with Crippen molar-refractivity contribution in [1.29, 1.82) is 0 Å². The number of halogens is 1. The van der Waals surface area contributed by atoms with Crippen molar-refractivity contribution >= 4 is 17.4 Å². The largest absolute Gasteiger partial charge is 0.484 e. The minimum atomic E-state index is -0.295. The molecule has 0 aliphatic carbocycles. The van der Waals surface area contributed by atoms with Gasteiger partial charge in [0.05, 0.1) is 12.0 Å². The van der Waals surface area contributed by atoms with E-state index >= 15 is 0 Å². The Hall–Kier alpha value is -1.80. The average Bonchev–Trinajstić information content (AvgIpc) is 2.40. The van der Waals surface area contributed by atoms with Gasteiger partial charge in [0, 0.05) is 10.6 Å². The highest BCUT2D eigenvalue weighted by atomic mass is 35.5. The van der Waals surface area contributed by atoms with Gasteiger partial charge in [-0.25, -0.2) is 0 Å². The number of hydrogen-bond donors (Lipinski definition) is 0. The fraction of sp³-hybridized carbons (Fsp3) is 0.188. The van der Waals surface area contributed by atoms with Crippen LogP contribution in [-0.2, 0) is 0 Å². The summed E-state index contributed by atoms with van der Waals surface area (Å²) >= 11 is 6.17. The van der Waals surface area contributed by atoms with Crippen molar-refractivity contribution in [3.8, 4) is 5.75 Å². The average molecular weight is 273 g/mol. The van der Waals surface area contributed by atoms with Gasteiger partial charge in [-0.15, -0.1) is 0 Å². The van der Waals surface area contributed by atoms with Crippen LogP contribution in [-0.4, -0.2) is 5.78 Å². The normalized spacial score (nSPS) is 17.8. The van der Waals surface area contributed by atoms with E-state index in [1.54, 1.807) is 0 Å². The number of Topliss-reactive ketones (excluding diaryl/α,β-unsaturated/α-hetero) is 1. The minimum absolute atomic E-state index is 0.106. The standard InChI is InChI=1S/C16H13ClO2/c1-10-6-7-15-12(8-10)14(18)9-16(19-15)11-4-2-3-5-13(11)17/h2-8,16H,9H2,1H3/t16-/m1/s1. The number of hydrogen-bond acceptors (Lipinski definition) is 2. The Kier molecular flexibility index (Phi) is 3.03. The number of aryl methyl sites for hydroxylation is 1. The maximum Gasteiger partial charge on any atom is 0.170 e. The zero-order valence-electron chi connectivity index (χ0n) is 10.5. The molecule has 0 saturated carbocycles. The monoisotopic (exact) mass is 272 g/mol. The fourth-order valence-electron chi connectivity index (χ4n) is 2.35. The van der Waals surface area contributed by atoms with E-state index in [1.807, 2.05) is 49.4 Å². The van der Waals surface area contributed by atoms with Gasteiger partial charge in [-0.1, -0.05) is 41.4 Å². The van der Waals surface area contributed by atoms with E-state index in [-0.39, 0.29) is 11.9 Å². The molecule has 0 bridgehead atoms. The number of carbonyl (C=O) groups is 1. The molecule has 1 heterocycles. The second-order valence-electron chi connectivity index (χ2n) is 4.75. The lowest BCUT2D eigenvalue weighted by Crippen LogP contribution is -2.20. The summed E-state index contributed by atoms with van der Waals surface area (Å²) in [5.74, 6) is 0.752. The highest BCUT2D eigenvalue weighted by Gasteiger charge is 2.28. The summed E-state index contributed by atoms with van der Waals surface area (Å²) in [7, 11) is 0. The molecule has 0 saturated heterocycles. The van der Waals surface area contributed by atoms with Crippen LogP contribution >= 0.6 is 11.6 Å². The van der Waals surface area contributed by atoms with Crippen molar-refractivity contribution < 1.29 is 9.53 Å². The topological polar surface area (TPSA) is 26.3 Å². The highest BCUT2D eigenvalue weighted by molar-refractivity contribution is 6.31. The molecule has 0 fully saturated rings. The summed E-state index contributed by atoms with van der Waals surface area (Å²) in [6.45, 7) is 1.97. The van der Waals surface area contributed by atoms with Gasteiger partial charge in [0.25, 0.3) is 0 Å². The first-order valence-electron chi connectivity index (χ1n) is 6.20. The molecule has 0 N–H and O–H groups in total. The molecule has 0 spiro atoms. The number of ether oxygens (including phenoxy) is 1. The van der Waals surface area contributed by atoms with E-state index in [1.165, 1.54) is 0 Å². The summed E-state index contributed by atoms with van der Waals surface area (Å²) in [5.41, 5.74) is 2.60. The van der Waals surface area contributed by atoms with Gasteiger partial charge in [-0.05, 0) is 25.1 Å². The summed E-state index contributed by atoms with van der Waals surface area (Å²) in [4.78, 5) is 12.2. The predicted octanol–water partition coefficient (Wildman–Crippen LogP) is 4.35. The zero-order valence-corrected chi connectivity index (χ0v) is 11.3. The molecule has 3 rings (SSSR count). The van der Waals surface area contributed by atoms with Gasteiger partial charge in [0.15, 0.2) is 5.78 Å². The Bertz CT molecular complexity index is 649. The first-order valence-corrected chi connectivity index (χ1v) is 6.58. The summed E-state index contributed by atoms with van der Waals surface area (Å²) < 4.78 is 5.92. The lowest BCUT2D eigenvalue weighted by atomic mass is 9.95. The van der Waals surface area contributed by atoms with E-state index < -0.39 is 0 Å². The van der Waals surface area contributed by atoms with Crippen molar-refractivity contribution in [3.63, 3.8) is 0 Å². The Morgan fingerprint density at radius 3 is 2.79 bits per heavy atom. The van der Waals surface area contributed by atoms with Gasteiger partial charge in [-0.2, -0.15) is 0 Å². The van der Waals surface area contributed by atoms with Gasteiger partial charge in [-0.3, -0.25) is 4.79 Å². The molecule has 0 unspecified atom stereocenters. The molecule has 0 amide bonds. The zero-order chi connectivity index (χ0) is 13.4. The number of rotatable bonds is 1. The molecule has 1 atom stereocenters. The van der Waals surface area contributed by atoms with Gasteiger partial charge in [0.1, 0.15) is 11.9 Å². The third-order valence-electron chi connectivity index (χ3n) is 3.33. The van der Waals surface area contributed by atoms with E-state index in [0.29, 0.717) is 22.8 Å². The first kappa shape index (κ1) is 12.2.